The molecule has 146 valence electrons. The van der Waals surface area contributed by atoms with Crippen molar-refractivity contribution in [2.75, 3.05) is 5.32 Å². The number of aliphatic imine (C=N–C) groups is 1. The minimum absolute atomic E-state index is 0.236. The van der Waals surface area contributed by atoms with E-state index in [9.17, 15) is 9.59 Å². The number of guanidine groups is 1. The SMILES string of the molecule is O=C(NC1=N[C@H](c2ccccc2)n2c(nc(=O)c3ccccc32)N1)c1ccccc1. The first-order chi connectivity index (χ1) is 14.7. The Bertz CT molecular complexity index is 1330. The van der Waals surface area contributed by atoms with E-state index in [1.54, 1.807) is 36.4 Å². The van der Waals surface area contributed by atoms with Gasteiger partial charge in [0.05, 0.1) is 10.9 Å². The molecule has 3 aromatic carbocycles. The number of para-hydroxylation sites is 1. The monoisotopic (exact) mass is 395 g/mol. The molecule has 0 saturated carbocycles. The molecule has 0 bridgehead atoms. The van der Waals surface area contributed by atoms with Crippen molar-refractivity contribution in [3.63, 3.8) is 0 Å². The number of aromatic nitrogens is 2. The fraction of sp³-hybridized carbons (Fsp3) is 0.0435. The molecule has 0 aliphatic carbocycles. The Hall–Kier alpha value is -4.26. The Balaban J connectivity index is 1.63. The zero-order chi connectivity index (χ0) is 20.5. The van der Waals surface area contributed by atoms with Crippen molar-refractivity contribution in [3.05, 3.63) is 106 Å². The molecule has 0 fully saturated rings. The van der Waals surface area contributed by atoms with Gasteiger partial charge in [0.15, 0.2) is 6.17 Å². The van der Waals surface area contributed by atoms with E-state index in [0.29, 0.717) is 22.4 Å². The first-order valence-corrected chi connectivity index (χ1v) is 9.48. The number of carbonyl (C=O) groups is 1. The molecular formula is C23H17N5O2. The van der Waals surface area contributed by atoms with Crippen molar-refractivity contribution in [1.29, 1.82) is 0 Å². The number of nitrogens with zero attached hydrogens (tertiary/aromatic N) is 3. The van der Waals surface area contributed by atoms with Crippen molar-refractivity contribution >= 4 is 28.7 Å². The highest BCUT2D eigenvalue weighted by molar-refractivity contribution is 6.10. The lowest BCUT2D eigenvalue weighted by Crippen LogP contribution is -2.41. The van der Waals surface area contributed by atoms with Crippen LogP contribution in [0.1, 0.15) is 22.1 Å². The van der Waals surface area contributed by atoms with Gasteiger partial charge in [0.1, 0.15) is 0 Å². The summed E-state index contributed by atoms with van der Waals surface area (Å²) in [5.74, 6) is 0.260. The van der Waals surface area contributed by atoms with E-state index < -0.39 is 6.17 Å². The summed E-state index contributed by atoms with van der Waals surface area (Å²) in [7, 11) is 0. The molecule has 7 nitrogen and oxygen atoms in total. The van der Waals surface area contributed by atoms with Gasteiger partial charge in [-0.2, -0.15) is 4.98 Å². The van der Waals surface area contributed by atoms with E-state index in [0.717, 1.165) is 5.56 Å². The molecule has 30 heavy (non-hydrogen) atoms. The molecule has 2 heterocycles. The fourth-order valence-electron chi connectivity index (χ4n) is 3.52. The largest absolute Gasteiger partial charge is 0.296 e. The molecule has 0 saturated heterocycles. The molecule has 7 heteroatoms. The summed E-state index contributed by atoms with van der Waals surface area (Å²) in [5.41, 5.74) is 1.79. The molecule has 0 radical (unpaired) electrons. The van der Waals surface area contributed by atoms with Gasteiger partial charge in [0.25, 0.3) is 11.5 Å². The van der Waals surface area contributed by atoms with Crippen LogP contribution in [0.4, 0.5) is 5.95 Å². The third kappa shape index (κ3) is 3.12. The summed E-state index contributed by atoms with van der Waals surface area (Å²) in [6, 6.07) is 25.8. The number of hydrogen-bond acceptors (Lipinski definition) is 5. The van der Waals surface area contributed by atoms with E-state index in [1.807, 2.05) is 53.1 Å². The second kappa shape index (κ2) is 7.29. The number of nitrogens with one attached hydrogen (secondary N) is 2. The average molecular weight is 395 g/mol. The molecule has 1 aromatic heterocycles. The van der Waals surface area contributed by atoms with Gasteiger partial charge in [0, 0.05) is 5.56 Å². The van der Waals surface area contributed by atoms with Crippen molar-refractivity contribution in [2.45, 2.75) is 6.17 Å². The predicted octanol–water partition coefficient (Wildman–Crippen LogP) is 3.15. The zero-order valence-electron chi connectivity index (χ0n) is 15.8. The normalized spacial score (nSPS) is 15.1. The number of anilines is 1. The number of rotatable bonds is 2. The number of fused-ring (bicyclic) bond motifs is 3. The van der Waals surface area contributed by atoms with Gasteiger partial charge in [-0.1, -0.05) is 60.7 Å². The van der Waals surface area contributed by atoms with Gasteiger partial charge < -0.3 is 0 Å². The van der Waals surface area contributed by atoms with Gasteiger partial charge in [-0.25, -0.2) is 4.99 Å². The minimum Gasteiger partial charge on any atom is -0.296 e. The number of hydrogen-bond donors (Lipinski definition) is 2. The molecular weight excluding hydrogens is 378 g/mol. The molecule has 2 N–H and O–H groups in total. The maximum atomic E-state index is 12.6. The summed E-state index contributed by atoms with van der Waals surface area (Å²) >= 11 is 0. The van der Waals surface area contributed by atoms with E-state index in [2.05, 4.69) is 15.6 Å². The lowest BCUT2D eigenvalue weighted by Gasteiger charge is -2.28. The van der Waals surface area contributed by atoms with Crippen LogP contribution in [0.15, 0.2) is 94.7 Å². The van der Waals surface area contributed by atoms with Crippen LogP contribution in [-0.4, -0.2) is 21.4 Å². The van der Waals surface area contributed by atoms with Crippen molar-refractivity contribution in [2.24, 2.45) is 4.99 Å². The maximum Gasteiger partial charge on any atom is 0.282 e. The van der Waals surface area contributed by atoms with Crippen molar-refractivity contribution in [1.82, 2.24) is 14.9 Å². The lowest BCUT2D eigenvalue weighted by atomic mass is 10.1. The van der Waals surface area contributed by atoms with Gasteiger partial charge in [-0.3, -0.25) is 24.8 Å². The van der Waals surface area contributed by atoms with Crippen LogP contribution in [0.3, 0.4) is 0 Å². The molecule has 1 aliphatic heterocycles. The fourth-order valence-corrected chi connectivity index (χ4v) is 3.52. The Morgan fingerprint density at radius 2 is 1.57 bits per heavy atom. The van der Waals surface area contributed by atoms with E-state index in [4.69, 9.17) is 4.99 Å². The summed E-state index contributed by atoms with van der Waals surface area (Å²) < 4.78 is 1.87. The first-order valence-electron chi connectivity index (χ1n) is 9.48. The standard InChI is InChI=1S/C23H17N5O2/c29-20(16-11-5-2-6-12-16)25-22-24-19(15-9-3-1-4-10-15)28-18-14-8-7-13-17(18)21(30)26-23(28)27-22/h1-14,19H,(H2,24,25,26,27,29,30)/t19-/m0/s1. The van der Waals surface area contributed by atoms with Crippen LogP contribution in [0.2, 0.25) is 0 Å². The molecule has 0 spiro atoms. The number of carbonyl (C=O) groups excluding carboxylic acids is 1. The van der Waals surface area contributed by atoms with E-state index >= 15 is 0 Å². The summed E-state index contributed by atoms with van der Waals surface area (Å²) in [4.78, 5) is 34.1. The van der Waals surface area contributed by atoms with E-state index in [-0.39, 0.29) is 17.4 Å². The van der Waals surface area contributed by atoms with Gasteiger partial charge in [0.2, 0.25) is 11.9 Å². The Morgan fingerprint density at radius 3 is 2.33 bits per heavy atom. The van der Waals surface area contributed by atoms with Gasteiger partial charge >= 0.3 is 0 Å². The van der Waals surface area contributed by atoms with Crippen molar-refractivity contribution < 1.29 is 4.79 Å². The molecule has 1 amide bonds. The molecule has 0 unspecified atom stereocenters. The van der Waals surface area contributed by atoms with Crippen molar-refractivity contribution in [3.8, 4) is 0 Å². The van der Waals surface area contributed by atoms with Crippen LogP contribution in [0, 0.1) is 0 Å². The van der Waals surface area contributed by atoms with Crippen LogP contribution < -0.4 is 16.2 Å². The highest BCUT2D eigenvalue weighted by Crippen LogP contribution is 2.29. The van der Waals surface area contributed by atoms with Gasteiger partial charge in [-0.05, 0) is 29.8 Å². The lowest BCUT2D eigenvalue weighted by molar-refractivity contribution is 0.0976. The first kappa shape index (κ1) is 17.8. The second-order valence-electron chi connectivity index (χ2n) is 6.83. The smallest absolute Gasteiger partial charge is 0.282 e. The Labute approximate surface area is 171 Å². The third-order valence-electron chi connectivity index (χ3n) is 4.92. The number of amides is 1. The van der Waals surface area contributed by atoms with Crippen LogP contribution in [0.25, 0.3) is 10.9 Å². The summed E-state index contributed by atoms with van der Waals surface area (Å²) in [5, 5.41) is 6.30. The zero-order valence-corrected chi connectivity index (χ0v) is 15.8. The predicted molar refractivity (Wildman–Crippen MR) is 116 cm³/mol. The highest BCUT2D eigenvalue weighted by Gasteiger charge is 2.26. The topological polar surface area (TPSA) is 88.4 Å². The number of benzene rings is 3. The summed E-state index contributed by atoms with van der Waals surface area (Å²) in [6.07, 6.45) is -0.494. The van der Waals surface area contributed by atoms with Crippen LogP contribution in [0.5, 0.6) is 0 Å². The highest BCUT2D eigenvalue weighted by atomic mass is 16.2. The second-order valence-corrected chi connectivity index (χ2v) is 6.83. The Kier molecular flexibility index (Phi) is 4.33. The Morgan fingerprint density at radius 1 is 0.900 bits per heavy atom. The quantitative estimate of drug-likeness (QED) is 0.546. The minimum atomic E-state index is -0.494. The molecule has 4 aromatic rings. The summed E-state index contributed by atoms with van der Waals surface area (Å²) in [6.45, 7) is 0. The van der Waals surface area contributed by atoms with Gasteiger partial charge in [-0.15, -0.1) is 0 Å². The molecule has 5 rings (SSSR count). The molecule has 1 aliphatic rings. The van der Waals surface area contributed by atoms with Crippen LogP contribution >= 0.6 is 0 Å². The van der Waals surface area contributed by atoms with E-state index in [1.165, 1.54) is 0 Å². The van der Waals surface area contributed by atoms with Crippen LogP contribution in [-0.2, 0) is 0 Å². The molecule has 1 atom stereocenters. The third-order valence-corrected chi connectivity index (χ3v) is 4.92. The maximum absolute atomic E-state index is 12.6. The average Bonchev–Trinajstić information content (AvgIpc) is 2.80.